The number of rotatable bonds is 4. The molecule has 0 fully saturated rings. The van der Waals surface area contributed by atoms with Crippen LogP contribution in [0.3, 0.4) is 0 Å². The van der Waals surface area contributed by atoms with Crippen molar-refractivity contribution in [3.05, 3.63) is 71.4 Å². The maximum atomic E-state index is 12.5. The highest BCUT2D eigenvalue weighted by Crippen LogP contribution is 2.25. The van der Waals surface area contributed by atoms with E-state index in [0.717, 1.165) is 22.0 Å². The lowest BCUT2D eigenvalue weighted by atomic mass is 9.96. The van der Waals surface area contributed by atoms with Gasteiger partial charge in [-0.1, -0.05) is 42.5 Å². The number of aliphatic carboxylic acids is 1. The van der Waals surface area contributed by atoms with E-state index in [1.165, 1.54) is 0 Å². The van der Waals surface area contributed by atoms with Gasteiger partial charge in [-0.2, -0.15) is 13.2 Å². The maximum Gasteiger partial charge on any atom is 0.490 e. The van der Waals surface area contributed by atoms with Gasteiger partial charge in [0.1, 0.15) is 5.69 Å². The number of halogens is 3. The Morgan fingerprint density at radius 1 is 1.12 bits per heavy atom. The molecular weight excluding hydrogens is 453 g/mol. The summed E-state index contributed by atoms with van der Waals surface area (Å²) >= 11 is 0. The SMILES string of the molecule is NC1CN(C(=O)CCNC(=O)c2cc3ccccc3[nH]2)Cc2ccccc21.O=C(O)C(F)(F)F. The number of hydrogen-bond donors (Lipinski definition) is 4. The molecule has 0 bridgehead atoms. The fourth-order valence-electron chi connectivity index (χ4n) is 3.57. The van der Waals surface area contributed by atoms with Crippen LogP contribution in [0.15, 0.2) is 54.6 Å². The number of H-pyrrole nitrogens is 1. The van der Waals surface area contributed by atoms with Crippen LogP contribution < -0.4 is 11.1 Å². The summed E-state index contributed by atoms with van der Waals surface area (Å²) in [7, 11) is 0. The number of aromatic amines is 1. The molecular formula is C23H23F3N4O4. The van der Waals surface area contributed by atoms with E-state index in [9.17, 15) is 22.8 Å². The number of carboxylic acid groups (broad SMARTS) is 1. The number of nitrogens with one attached hydrogen (secondary N) is 2. The molecule has 0 aliphatic carbocycles. The molecule has 34 heavy (non-hydrogen) atoms. The average molecular weight is 476 g/mol. The average Bonchev–Trinajstić information content (AvgIpc) is 3.23. The number of aromatic nitrogens is 1. The number of carbonyl (C=O) groups is 3. The highest BCUT2D eigenvalue weighted by molar-refractivity contribution is 5.98. The fraction of sp³-hybridized carbons (Fsp3) is 0.261. The number of nitrogens with two attached hydrogens (primary N) is 1. The van der Waals surface area contributed by atoms with Crippen LogP contribution in [-0.2, 0) is 16.1 Å². The molecule has 1 aliphatic heterocycles. The molecule has 2 amide bonds. The van der Waals surface area contributed by atoms with Gasteiger partial charge >= 0.3 is 12.1 Å². The molecule has 0 spiro atoms. The fourth-order valence-corrected chi connectivity index (χ4v) is 3.57. The van der Waals surface area contributed by atoms with Gasteiger partial charge in [0.2, 0.25) is 5.91 Å². The van der Waals surface area contributed by atoms with Crippen molar-refractivity contribution in [1.82, 2.24) is 15.2 Å². The summed E-state index contributed by atoms with van der Waals surface area (Å²) < 4.78 is 31.7. The van der Waals surface area contributed by atoms with Crippen molar-refractivity contribution in [2.45, 2.75) is 25.2 Å². The lowest BCUT2D eigenvalue weighted by molar-refractivity contribution is -0.192. The summed E-state index contributed by atoms with van der Waals surface area (Å²) in [5.41, 5.74) is 9.81. The van der Waals surface area contributed by atoms with Crippen LogP contribution in [0, 0.1) is 0 Å². The highest BCUT2D eigenvalue weighted by atomic mass is 19.4. The normalized spacial score (nSPS) is 15.2. The first-order valence-electron chi connectivity index (χ1n) is 10.3. The van der Waals surface area contributed by atoms with Gasteiger partial charge in [0.15, 0.2) is 0 Å². The van der Waals surface area contributed by atoms with Gasteiger partial charge < -0.3 is 26.0 Å². The Balaban J connectivity index is 0.000000406. The van der Waals surface area contributed by atoms with Gasteiger partial charge in [0.25, 0.3) is 5.91 Å². The van der Waals surface area contributed by atoms with Gasteiger partial charge in [0, 0.05) is 43.0 Å². The van der Waals surface area contributed by atoms with E-state index in [2.05, 4.69) is 10.3 Å². The Morgan fingerprint density at radius 2 is 1.76 bits per heavy atom. The molecule has 0 radical (unpaired) electrons. The van der Waals surface area contributed by atoms with Crippen molar-refractivity contribution < 1.29 is 32.7 Å². The number of fused-ring (bicyclic) bond motifs is 2. The van der Waals surface area contributed by atoms with Crippen LogP contribution in [0.5, 0.6) is 0 Å². The highest BCUT2D eigenvalue weighted by Gasteiger charge is 2.38. The summed E-state index contributed by atoms with van der Waals surface area (Å²) in [6.07, 6.45) is -4.83. The van der Waals surface area contributed by atoms with E-state index in [0.29, 0.717) is 25.3 Å². The van der Waals surface area contributed by atoms with Crippen LogP contribution >= 0.6 is 0 Å². The Labute approximate surface area is 192 Å². The summed E-state index contributed by atoms with van der Waals surface area (Å²) in [4.78, 5) is 38.6. The van der Waals surface area contributed by atoms with E-state index in [1.54, 1.807) is 4.90 Å². The van der Waals surface area contributed by atoms with Crippen molar-refractivity contribution in [3.8, 4) is 0 Å². The number of benzene rings is 2. The number of nitrogens with zero attached hydrogens (tertiary/aromatic N) is 1. The molecule has 0 saturated heterocycles. The molecule has 0 saturated carbocycles. The van der Waals surface area contributed by atoms with Crippen molar-refractivity contribution in [2.75, 3.05) is 13.1 Å². The second kappa shape index (κ2) is 10.4. The first kappa shape index (κ1) is 24.8. The first-order chi connectivity index (χ1) is 16.1. The Morgan fingerprint density at radius 3 is 2.44 bits per heavy atom. The summed E-state index contributed by atoms with van der Waals surface area (Å²) in [6, 6.07) is 17.3. The van der Waals surface area contributed by atoms with Crippen LogP contribution in [0.2, 0.25) is 0 Å². The quantitative estimate of drug-likeness (QED) is 0.460. The standard InChI is InChI=1S/C21H22N4O2.C2HF3O2/c22-17-13-25(12-15-6-1-3-7-16(15)17)20(26)9-10-23-21(27)19-11-14-5-2-4-8-18(14)24-19;3-2(4,5)1(6)7/h1-8,11,17,24H,9-10,12-13,22H2,(H,23,27);(H,6,7). The summed E-state index contributed by atoms with van der Waals surface area (Å²) in [5.74, 6) is -2.97. The van der Waals surface area contributed by atoms with Gasteiger partial charge in [-0.15, -0.1) is 0 Å². The summed E-state index contributed by atoms with van der Waals surface area (Å²) in [6.45, 7) is 1.37. The predicted octanol–water partition coefficient (Wildman–Crippen LogP) is 2.96. The van der Waals surface area contributed by atoms with Crippen molar-refractivity contribution >= 4 is 28.7 Å². The topological polar surface area (TPSA) is 129 Å². The molecule has 2 heterocycles. The Kier molecular flexibility index (Phi) is 7.57. The maximum absolute atomic E-state index is 12.5. The summed E-state index contributed by atoms with van der Waals surface area (Å²) in [5, 5.41) is 10.9. The zero-order chi connectivity index (χ0) is 24.9. The molecule has 1 aromatic heterocycles. The number of hydrogen-bond acceptors (Lipinski definition) is 4. The minimum absolute atomic E-state index is 0.00287. The second-order valence-electron chi connectivity index (χ2n) is 7.66. The number of carbonyl (C=O) groups excluding carboxylic acids is 2. The minimum Gasteiger partial charge on any atom is -0.475 e. The van der Waals surface area contributed by atoms with Crippen molar-refractivity contribution in [3.63, 3.8) is 0 Å². The van der Waals surface area contributed by atoms with Crippen LogP contribution in [0.25, 0.3) is 10.9 Å². The third-order valence-corrected chi connectivity index (χ3v) is 5.23. The van der Waals surface area contributed by atoms with Gasteiger partial charge in [-0.05, 0) is 23.3 Å². The first-order valence-corrected chi connectivity index (χ1v) is 10.3. The Bertz CT molecular complexity index is 1160. The van der Waals surface area contributed by atoms with E-state index in [1.807, 2.05) is 54.6 Å². The third-order valence-electron chi connectivity index (χ3n) is 5.23. The molecule has 1 atom stereocenters. The number of carboxylic acids is 1. The minimum atomic E-state index is -5.08. The smallest absolute Gasteiger partial charge is 0.475 e. The lowest BCUT2D eigenvalue weighted by Gasteiger charge is -2.33. The monoisotopic (exact) mass is 476 g/mol. The molecule has 11 heteroatoms. The van der Waals surface area contributed by atoms with E-state index in [-0.39, 0.29) is 24.3 Å². The zero-order valence-electron chi connectivity index (χ0n) is 17.9. The predicted molar refractivity (Wildman–Crippen MR) is 118 cm³/mol. The molecule has 3 aromatic rings. The van der Waals surface area contributed by atoms with Crippen molar-refractivity contribution in [2.24, 2.45) is 5.73 Å². The van der Waals surface area contributed by atoms with E-state index in [4.69, 9.17) is 15.6 Å². The Hall–Kier alpha value is -3.86. The number of para-hydroxylation sites is 1. The largest absolute Gasteiger partial charge is 0.490 e. The molecule has 180 valence electrons. The second-order valence-corrected chi connectivity index (χ2v) is 7.66. The number of alkyl halides is 3. The molecule has 4 rings (SSSR count). The molecule has 1 unspecified atom stereocenters. The molecule has 1 aliphatic rings. The molecule has 5 N–H and O–H groups in total. The van der Waals surface area contributed by atoms with Crippen LogP contribution in [-0.4, -0.2) is 52.0 Å². The molecule has 8 nitrogen and oxygen atoms in total. The lowest BCUT2D eigenvalue weighted by Crippen LogP contribution is -2.42. The van der Waals surface area contributed by atoms with Gasteiger partial charge in [0.05, 0.1) is 0 Å². The van der Waals surface area contributed by atoms with Gasteiger partial charge in [-0.25, -0.2) is 4.79 Å². The van der Waals surface area contributed by atoms with Crippen molar-refractivity contribution in [1.29, 1.82) is 0 Å². The van der Waals surface area contributed by atoms with E-state index < -0.39 is 12.1 Å². The zero-order valence-corrected chi connectivity index (χ0v) is 17.9. The molecule has 2 aromatic carbocycles. The van der Waals surface area contributed by atoms with Gasteiger partial charge in [-0.3, -0.25) is 9.59 Å². The number of amides is 2. The van der Waals surface area contributed by atoms with E-state index >= 15 is 0 Å². The van der Waals surface area contributed by atoms with Crippen LogP contribution in [0.1, 0.15) is 34.1 Å². The third kappa shape index (κ3) is 6.13. The van der Waals surface area contributed by atoms with Crippen LogP contribution in [0.4, 0.5) is 13.2 Å².